The number of ketones is 5. The van der Waals surface area contributed by atoms with E-state index in [1.165, 1.54) is 11.1 Å². The number of benzene rings is 2. The summed E-state index contributed by atoms with van der Waals surface area (Å²) in [7, 11) is 0. The van der Waals surface area contributed by atoms with Crippen LogP contribution in [0.25, 0.3) is 5.57 Å². The predicted octanol–water partition coefficient (Wildman–Crippen LogP) is 6.87. The number of allylic oxidation sites excluding steroid dienone is 4. The zero-order valence-electron chi connectivity index (χ0n) is 29.9. The number of hydrogen-bond acceptors (Lipinski definition) is 7. The van der Waals surface area contributed by atoms with Crippen molar-refractivity contribution in [1.82, 2.24) is 0 Å². The first-order chi connectivity index (χ1) is 22.9. The van der Waals surface area contributed by atoms with Gasteiger partial charge in [-0.25, -0.2) is 0 Å². The third kappa shape index (κ3) is 5.06. The van der Waals surface area contributed by atoms with Crippen LogP contribution in [0.5, 0.6) is 5.75 Å². The van der Waals surface area contributed by atoms with Gasteiger partial charge in [-0.2, -0.15) is 0 Å². The van der Waals surface area contributed by atoms with E-state index in [1.807, 2.05) is 26.8 Å². The second-order valence-corrected chi connectivity index (χ2v) is 16.3. The first kappa shape index (κ1) is 34.9. The first-order valence-corrected chi connectivity index (χ1v) is 17.6. The summed E-state index contributed by atoms with van der Waals surface area (Å²) in [5.74, 6) is -8.65. The Morgan fingerprint density at radius 1 is 0.980 bits per heavy atom. The summed E-state index contributed by atoms with van der Waals surface area (Å²) in [6.45, 7) is 14.3. The number of aliphatic hydroxyl groups is 1. The highest BCUT2D eigenvalue weighted by molar-refractivity contribution is 6.32. The molecule has 49 heavy (non-hydrogen) atoms. The van der Waals surface area contributed by atoms with Crippen molar-refractivity contribution in [3.05, 3.63) is 81.4 Å². The van der Waals surface area contributed by atoms with Crippen molar-refractivity contribution in [2.24, 2.45) is 34.5 Å². The van der Waals surface area contributed by atoms with Crippen LogP contribution < -0.4 is 0 Å². The van der Waals surface area contributed by atoms with E-state index in [2.05, 4.69) is 43.3 Å². The molecule has 2 fully saturated rings. The Morgan fingerprint density at radius 2 is 1.63 bits per heavy atom. The monoisotopic (exact) mass is 664 g/mol. The number of carbonyl (C=O) groups is 5. The van der Waals surface area contributed by atoms with Crippen LogP contribution in [0.3, 0.4) is 0 Å². The lowest BCUT2D eigenvalue weighted by Crippen LogP contribution is -2.76. The third-order valence-corrected chi connectivity index (χ3v) is 12.2. The van der Waals surface area contributed by atoms with Crippen molar-refractivity contribution < 1.29 is 34.2 Å². The fourth-order valence-electron chi connectivity index (χ4n) is 9.99. The van der Waals surface area contributed by atoms with Gasteiger partial charge in [0.15, 0.2) is 28.7 Å². The number of fused-ring (bicyclic) bond motifs is 3. The maximum atomic E-state index is 14.7. The van der Waals surface area contributed by atoms with Gasteiger partial charge in [-0.1, -0.05) is 95.2 Å². The number of aryl methyl sites for hydroxylation is 2. The van der Waals surface area contributed by atoms with Gasteiger partial charge in [-0.15, -0.1) is 0 Å². The lowest BCUT2D eigenvalue weighted by atomic mass is 9.39. The van der Waals surface area contributed by atoms with Crippen molar-refractivity contribution in [1.29, 1.82) is 0 Å². The Balaban J connectivity index is 1.40. The summed E-state index contributed by atoms with van der Waals surface area (Å²) in [5, 5.41) is 24.1. The molecule has 2 aromatic carbocycles. The standard InChI is InChI=1S/C42H48O7/c1-21(2)29-18-28(16-12-25-11-15-27(17-25)26-13-9-23(5)10-14-26)35(44)32-30(29)19-40(7)20-41(8)33(22(3)4)36(45)31(24(6)43)38(47)42(41,49)39(48)34(40)37(32)46/h9-10,13-15,17-18,21-22,31,33-34,44,49H,11-12,16,19-20H2,1-8H3/t31?,33?,34?,40-,41-,42+/m1/s1. The molecule has 0 saturated heterocycles. The summed E-state index contributed by atoms with van der Waals surface area (Å²) in [6.07, 6.45) is 6.65. The van der Waals surface area contributed by atoms with Gasteiger partial charge < -0.3 is 10.2 Å². The molecule has 258 valence electrons. The summed E-state index contributed by atoms with van der Waals surface area (Å²) in [4.78, 5) is 69.7. The van der Waals surface area contributed by atoms with E-state index in [0.717, 1.165) is 30.0 Å². The number of rotatable bonds is 7. The van der Waals surface area contributed by atoms with Crippen molar-refractivity contribution in [2.75, 3.05) is 0 Å². The fraction of sp³-hybridized carbons (Fsp3) is 0.500. The van der Waals surface area contributed by atoms with Crippen LogP contribution in [0.4, 0.5) is 0 Å². The average molecular weight is 665 g/mol. The maximum Gasteiger partial charge on any atom is 0.190 e. The smallest absolute Gasteiger partial charge is 0.190 e. The van der Waals surface area contributed by atoms with E-state index in [0.29, 0.717) is 24.0 Å². The van der Waals surface area contributed by atoms with E-state index >= 15 is 0 Å². The zero-order chi connectivity index (χ0) is 36.0. The van der Waals surface area contributed by atoms with Crippen molar-refractivity contribution in [3.8, 4) is 5.75 Å². The molecule has 6 rings (SSSR count). The Kier molecular flexibility index (Phi) is 8.42. The van der Waals surface area contributed by atoms with Crippen molar-refractivity contribution in [3.63, 3.8) is 0 Å². The maximum absolute atomic E-state index is 14.7. The summed E-state index contributed by atoms with van der Waals surface area (Å²) < 4.78 is 0. The molecule has 4 aliphatic rings. The van der Waals surface area contributed by atoms with Gasteiger partial charge in [-0.3, -0.25) is 24.0 Å². The highest BCUT2D eigenvalue weighted by atomic mass is 16.3. The summed E-state index contributed by atoms with van der Waals surface area (Å²) in [6, 6.07) is 10.4. The quantitative estimate of drug-likeness (QED) is 0.310. The van der Waals surface area contributed by atoms with Crippen LogP contribution in [-0.2, 0) is 32.0 Å². The second kappa shape index (κ2) is 11.8. The van der Waals surface area contributed by atoms with E-state index in [4.69, 9.17) is 0 Å². The number of hydrogen-bond donors (Lipinski definition) is 2. The highest BCUT2D eigenvalue weighted by Crippen LogP contribution is 2.64. The van der Waals surface area contributed by atoms with Gasteiger partial charge in [0.2, 0.25) is 0 Å². The van der Waals surface area contributed by atoms with Crippen LogP contribution >= 0.6 is 0 Å². The van der Waals surface area contributed by atoms with E-state index in [9.17, 15) is 34.2 Å². The van der Waals surface area contributed by atoms with Crippen molar-refractivity contribution >= 4 is 34.5 Å². The molecule has 0 radical (unpaired) electrons. The molecular weight excluding hydrogens is 616 g/mol. The van der Waals surface area contributed by atoms with Gasteiger partial charge in [0.05, 0.1) is 11.5 Å². The molecule has 0 spiro atoms. The molecule has 0 aliphatic heterocycles. The lowest BCUT2D eigenvalue weighted by molar-refractivity contribution is -0.205. The van der Waals surface area contributed by atoms with Gasteiger partial charge in [0, 0.05) is 11.3 Å². The minimum Gasteiger partial charge on any atom is -0.507 e. The largest absolute Gasteiger partial charge is 0.507 e. The molecule has 0 heterocycles. The number of phenolic OH excluding ortho intramolecular Hbond substituents is 1. The fourth-order valence-corrected chi connectivity index (χ4v) is 9.99. The number of phenols is 1. The van der Waals surface area contributed by atoms with Gasteiger partial charge in [0.25, 0.3) is 0 Å². The van der Waals surface area contributed by atoms with Gasteiger partial charge in [0.1, 0.15) is 17.5 Å². The molecule has 4 aliphatic carbocycles. The van der Waals surface area contributed by atoms with Gasteiger partial charge in [-0.05, 0) is 91.0 Å². The topological polar surface area (TPSA) is 126 Å². The summed E-state index contributed by atoms with van der Waals surface area (Å²) in [5.41, 5.74) is 1.77. The SMILES string of the molecule is CC(=O)C1C(=O)C(C(C)C)[C@@]2(C)C[C@@]3(C)Cc4c(C(C)C)cc(CCC5=CC(c6ccc(C)cc6)=CC5)c(O)c4C(=O)C3C(=O)[C@@]2(O)C1=O. The number of Topliss-reactive ketones (excluding diaryl/α,β-unsaturated/α-hetero) is 5. The number of carbonyl (C=O) groups excluding carboxylic acids is 5. The van der Waals surface area contributed by atoms with Crippen LogP contribution in [0.2, 0.25) is 0 Å². The molecule has 0 aromatic heterocycles. The molecule has 7 nitrogen and oxygen atoms in total. The molecule has 2 N–H and O–H groups in total. The average Bonchev–Trinajstić information content (AvgIpc) is 3.47. The molecule has 3 unspecified atom stereocenters. The van der Waals surface area contributed by atoms with E-state index in [1.54, 1.807) is 20.8 Å². The highest BCUT2D eigenvalue weighted by Gasteiger charge is 2.76. The Morgan fingerprint density at radius 3 is 2.22 bits per heavy atom. The number of aromatic hydroxyl groups is 1. The van der Waals surface area contributed by atoms with Crippen LogP contribution in [0.1, 0.15) is 112 Å². The second-order valence-electron chi connectivity index (χ2n) is 16.3. The molecule has 0 bridgehead atoms. The van der Waals surface area contributed by atoms with E-state index in [-0.39, 0.29) is 36.0 Å². The normalized spacial score (nSPS) is 31.0. The van der Waals surface area contributed by atoms with E-state index < -0.39 is 63.1 Å². The third-order valence-electron chi connectivity index (χ3n) is 12.2. The first-order valence-electron chi connectivity index (χ1n) is 17.6. The Bertz CT molecular complexity index is 1870. The van der Waals surface area contributed by atoms with Crippen LogP contribution in [0.15, 0.2) is 48.1 Å². The van der Waals surface area contributed by atoms with Crippen molar-refractivity contribution in [2.45, 2.75) is 99.0 Å². The Labute approximate surface area is 288 Å². The molecule has 2 saturated carbocycles. The molecular formula is C42H48O7. The minimum absolute atomic E-state index is 0.00550. The molecule has 7 heteroatoms. The van der Waals surface area contributed by atoms with Gasteiger partial charge >= 0.3 is 0 Å². The lowest BCUT2D eigenvalue weighted by Gasteiger charge is -2.62. The zero-order valence-corrected chi connectivity index (χ0v) is 29.9. The molecule has 2 aromatic rings. The summed E-state index contributed by atoms with van der Waals surface area (Å²) >= 11 is 0. The minimum atomic E-state index is -2.70. The van der Waals surface area contributed by atoms with Crippen LogP contribution in [0, 0.1) is 41.4 Å². The molecule has 6 atom stereocenters. The Hall–Kier alpha value is -3.97. The van der Waals surface area contributed by atoms with Crippen LogP contribution in [-0.4, -0.2) is 44.7 Å². The molecule has 0 amide bonds. The predicted molar refractivity (Wildman–Crippen MR) is 187 cm³/mol.